The maximum absolute atomic E-state index is 5.74. The van der Waals surface area contributed by atoms with Gasteiger partial charge in [0, 0.05) is 5.56 Å². The smallest absolute Gasteiger partial charge is 0.156 e. The van der Waals surface area contributed by atoms with Crippen molar-refractivity contribution < 1.29 is 0 Å². The first-order chi connectivity index (χ1) is 7.75. The van der Waals surface area contributed by atoms with Crippen molar-refractivity contribution in [3.05, 3.63) is 40.1 Å². The van der Waals surface area contributed by atoms with Crippen LogP contribution in [0.15, 0.2) is 28.9 Å². The second kappa shape index (κ2) is 3.56. The van der Waals surface area contributed by atoms with Crippen LogP contribution in [0.5, 0.6) is 0 Å². The SMILES string of the molecule is Nc1nc2c(nc1Br)-c1ccccc1CC2. The lowest BCUT2D eigenvalue weighted by molar-refractivity contribution is 0.878. The van der Waals surface area contributed by atoms with Gasteiger partial charge in [-0.3, -0.25) is 0 Å². The Bertz CT molecular complexity index is 566. The highest BCUT2D eigenvalue weighted by molar-refractivity contribution is 9.10. The molecule has 16 heavy (non-hydrogen) atoms. The molecule has 1 aliphatic rings. The van der Waals surface area contributed by atoms with E-state index in [4.69, 9.17) is 5.73 Å². The van der Waals surface area contributed by atoms with Crippen molar-refractivity contribution in [2.24, 2.45) is 0 Å². The second-order valence-electron chi connectivity index (χ2n) is 3.85. The highest BCUT2D eigenvalue weighted by Gasteiger charge is 2.19. The molecule has 0 saturated heterocycles. The predicted molar refractivity (Wildman–Crippen MR) is 67.0 cm³/mol. The second-order valence-corrected chi connectivity index (χ2v) is 4.60. The van der Waals surface area contributed by atoms with Gasteiger partial charge in [0.1, 0.15) is 4.60 Å². The molecule has 2 aromatic rings. The summed E-state index contributed by atoms with van der Waals surface area (Å²) in [7, 11) is 0. The van der Waals surface area contributed by atoms with Gasteiger partial charge in [-0.15, -0.1) is 0 Å². The van der Waals surface area contributed by atoms with E-state index in [0.717, 1.165) is 24.2 Å². The molecule has 80 valence electrons. The molecule has 0 fully saturated rings. The number of rotatable bonds is 0. The lowest BCUT2D eigenvalue weighted by Crippen LogP contribution is -2.10. The van der Waals surface area contributed by atoms with Crippen LogP contribution in [0.4, 0.5) is 5.82 Å². The Morgan fingerprint density at radius 1 is 1.12 bits per heavy atom. The summed E-state index contributed by atoms with van der Waals surface area (Å²) in [5.74, 6) is 0.470. The third kappa shape index (κ3) is 1.41. The number of halogens is 1. The molecular formula is C12H10BrN3. The summed E-state index contributed by atoms with van der Waals surface area (Å²) in [5.41, 5.74) is 10.2. The summed E-state index contributed by atoms with van der Waals surface area (Å²) < 4.78 is 0.628. The summed E-state index contributed by atoms with van der Waals surface area (Å²) >= 11 is 3.33. The van der Waals surface area contributed by atoms with Gasteiger partial charge in [0.2, 0.25) is 0 Å². The molecule has 3 rings (SSSR count). The van der Waals surface area contributed by atoms with E-state index in [0.29, 0.717) is 10.4 Å². The van der Waals surface area contributed by atoms with Crippen molar-refractivity contribution in [1.82, 2.24) is 9.97 Å². The van der Waals surface area contributed by atoms with Crippen molar-refractivity contribution in [2.45, 2.75) is 12.8 Å². The molecule has 0 bridgehead atoms. The summed E-state index contributed by atoms with van der Waals surface area (Å²) in [4.78, 5) is 8.86. The minimum absolute atomic E-state index is 0.470. The van der Waals surface area contributed by atoms with E-state index in [1.807, 2.05) is 6.07 Å². The van der Waals surface area contributed by atoms with Gasteiger partial charge in [-0.25, -0.2) is 9.97 Å². The number of hydrogen-bond acceptors (Lipinski definition) is 3. The fourth-order valence-electron chi connectivity index (χ4n) is 2.08. The zero-order valence-corrected chi connectivity index (χ0v) is 10.2. The molecule has 0 spiro atoms. The van der Waals surface area contributed by atoms with E-state index in [1.54, 1.807) is 0 Å². The van der Waals surface area contributed by atoms with Crippen LogP contribution in [0.1, 0.15) is 11.3 Å². The highest BCUT2D eigenvalue weighted by Crippen LogP contribution is 2.32. The number of hydrogen-bond donors (Lipinski definition) is 1. The van der Waals surface area contributed by atoms with Gasteiger partial charge in [0.15, 0.2) is 5.82 Å². The molecule has 0 atom stereocenters. The molecule has 1 aromatic carbocycles. The Labute approximate surface area is 102 Å². The first-order valence-corrected chi connectivity index (χ1v) is 5.95. The van der Waals surface area contributed by atoms with E-state index in [2.05, 4.69) is 44.1 Å². The molecular weight excluding hydrogens is 266 g/mol. The molecule has 0 saturated carbocycles. The van der Waals surface area contributed by atoms with Crippen LogP contribution >= 0.6 is 15.9 Å². The lowest BCUT2D eigenvalue weighted by Gasteiger charge is -2.18. The number of aromatic nitrogens is 2. The van der Waals surface area contributed by atoms with Gasteiger partial charge in [0.25, 0.3) is 0 Å². The number of nitrogens with zero attached hydrogens (tertiary/aromatic N) is 2. The van der Waals surface area contributed by atoms with Crippen LogP contribution in [0, 0.1) is 0 Å². The van der Waals surface area contributed by atoms with Crippen molar-refractivity contribution in [3.8, 4) is 11.3 Å². The van der Waals surface area contributed by atoms with Crippen LogP contribution in [-0.4, -0.2) is 9.97 Å². The fraction of sp³-hybridized carbons (Fsp3) is 0.167. The highest BCUT2D eigenvalue weighted by atomic mass is 79.9. The molecule has 1 heterocycles. The van der Waals surface area contributed by atoms with Crippen molar-refractivity contribution in [2.75, 3.05) is 5.73 Å². The Balaban J connectivity index is 2.28. The third-order valence-corrected chi connectivity index (χ3v) is 3.44. The normalized spacial score (nSPS) is 13.1. The Hall–Kier alpha value is -1.42. The van der Waals surface area contributed by atoms with E-state index < -0.39 is 0 Å². The topological polar surface area (TPSA) is 51.8 Å². The summed E-state index contributed by atoms with van der Waals surface area (Å²) in [5, 5.41) is 0. The summed E-state index contributed by atoms with van der Waals surface area (Å²) in [6.45, 7) is 0. The molecule has 3 nitrogen and oxygen atoms in total. The molecule has 4 heteroatoms. The van der Waals surface area contributed by atoms with Crippen molar-refractivity contribution in [3.63, 3.8) is 0 Å². The van der Waals surface area contributed by atoms with Crippen LogP contribution in [0.3, 0.4) is 0 Å². The number of nitrogens with two attached hydrogens (primary N) is 1. The molecule has 1 aliphatic carbocycles. The maximum atomic E-state index is 5.74. The standard InChI is InChI=1S/C12H10BrN3/c13-11-12(14)15-9-6-5-7-3-1-2-4-8(7)10(9)16-11/h1-4H,5-6H2,(H2,14,15). The monoisotopic (exact) mass is 275 g/mol. The van der Waals surface area contributed by atoms with Gasteiger partial charge < -0.3 is 5.73 Å². The van der Waals surface area contributed by atoms with Gasteiger partial charge in [-0.2, -0.15) is 0 Å². The van der Waals surface area contributed by atoms with Gasteiger partial charge >= 0.3 is 0 Å². The molecule has 0 unspecified atom stereocenters. The fourth-order valence-corrected chi connectivity index (χ4v) is 2.34. The Kier molecular flexibility index (Phi) is 2.17. The van der Waals surface area contributed by atoms with Crippen LogP contribution in [0.25, 0.3) is 11.3 Å². The van der Waals surface area contributed by atoms with Crippen LogP contribution in [-0.2, 0) is 12.8 Å². The van der Waals surface area contributed by atoms with E-state index in [1.165, 1.54) is 11.1 Å². The van der Waals surface area contributed by atoms with Crippen LogP contribution < -0.4 is 5.73 Å². The Morgan fingerprint density at radius 2 is 1.94 bits per heavy atom. The number of fused-ring (bicyclic) bond motifs is 3. The molecule has 0 amide bonds. The largest absolute Gasteiger partial charge is 0.381 e. The Morgan fingerprint density at radius 3 is 2.81 bits per heavy atom. The minimum Gasteiger partial charge on any atom is -0.381 e. The number of anilines is 1. The van der Waals surface area contributed by atoms with E-state index in [9.17, 15) is 0 Å². The number of nitrogen functional groups attached to an aromatic ring is 1. The number of benzene rings is 1. The maximum Gasteiger partial charge on any atom is 0.156 e. The molecule has 1 aromatic heterocycles. The van der Waals surface area contributed by atoms with Gasteiger partial charge in [-0.05, 0) is 34.3 Å². The van der Waals surface area contributed by atoms with Crippen molar-refractivity contribution >= 4 is 21.7 Å². The predicted octanol–water partition coefficient (Wildman–Crippen LogP) is 2.59. The average Bonchev–Trinajstić information content (AvgIpc) is 2.31. The third-order valence-electron chi connectivity index (χ3n) is 2.85. The van der Waals surface area contributed by atoms with Crippen molar-refractivity contribution in [1.29, 1.82) is 0 Å². The summed E-state index contributed by atoms with van der Waals surface area (Å²) in [6, 6.07) is 8.32. The van der Waals surface area contributed by atoms with Crippen LogP contribution in [0.2, 0.25) is 0 Å². The first kappa shape index (κ1) is 9.78. The lowest BCUT2D eigenvalue weighted by atomic mass is 9.92. The summed E-state index contributed by atoms with van der Waals surface area (Å²) in [6.07, 6.45) is 1.93. The minimum atomic E-state index is 0.470. The number of aryl methyl sites for hydroxylation is 2. The van der Waals surface area contributed by atoms with E-state index >= 15 is 0 Å². The quantitative estimate of drug-likeness (QED) is 0.804. The first-order valence-electron chi connectivity index (χ1n) is 5.16. The molecule has 0 radical (unpaired) electrons. The molecule has 2 N–H and O–H groups in total. The molecule has 0 aliphatic heterocycles. The average molecular weight is 276 g/mol. The van der Waals surface area contributed by atoms with E-state index in [-0.39, 0.29) is 0 Å². The van der Waals surface area contributed by atoms with Gasteiger partial charge in [-0.1, -0.05) is 24.3 Å². The zero-order chi connectivity index (χ0) is 11.1. The van der Waals surface area contributed by atoms with Gasteiger partial charge in [0.05, 0.1) is 11.4 Å². The zero-order valence-electron chi connectivity index (χ0n) is 8.57.